The third kappa shape index (κ3) is 4.00. The van der Waals surface area contributed by atoms with Crippen LogP contribution in [0.15, 0.2) is 0 Å². The van der Waals surface area contributed by atoms with Gasteiger partial charge in [0.15, 0.2) is 0 Å². The summed E-state index contributed by atoms with van der Waals surface area (Å²) in [5.41, 5.74) is -0.847. The zero-order valence-corrected chi connectivity index (χ0v) is 11.5. The number of hydrogen-bond donors (Lipinski definition) is 2. The molecule has 18 heavy (non-hydrogen) atoms. The Morgan fingerprint density at radius 2 is 1.78 bits per heavy atom. The molecule has 0 saturated heterocycles. The minimum Gasteiger partial charge on any atom is -0.481 e. The highest BCUT2D eigenvalue weighted by Crippen LogP contribution is 2.24. The second-order valence-corrected chi connectivity index (χ2v) is 5.63. The molecule has 0 aromatic rings. The number of hydrogen-bond acceptors (Lipinski definition) is 2. The first-order valence-electron chi connectivity index (χ1n) is 7.00. The second-order valence-electron chi connectivity index (χ2n) is 5.63. The quantitative estimate of drug-likeness (QED) is 0.742. The van der Waals surface area contributed by atoms with Crippen molar-refractivity contribution < 1.29 is 14.7 Å². The van der Waals surface area contributed by atoms with Gasteiger partial charge in [-0.3, -0.25) is 9.59 Å². The summed E-state index contributed by atoms with van der Waals surface area (Å²) in [5.74, 6) is -0.716. The average Bonchev–Trinajstić information content (AvgIpc) is 2.64. The van der Waals surface area contributed by atoms with Crippen LogP contribution in [0.5, 0.6) is 0 Å². The van der Waals surface area contributed by atoms with E-state index in [0.717, 1.165) is 25.7 Å². The Morgan fingerprint density at radius 3 is 2.22 bits per heavy atom. The van der Waals surface area contributed by atoms with Gasteiger partial charge in [0.25, 0.3) is 0 Å². The topological polar surface area (TPSA) is 66.4 Å². The van der Waals surface area contributed by atoms with E-state index in [0.29, 0.717) is 6.42 Å². The highest BCUT2D eigenvalue weighted by molar-refractivity contribution is 5.80. The van der Waals surface area contributed by atoms with Crippen molar-refractivity contribution in [1.82, 2.24) is 5.32 Å². The first kappa shape index (κ1) is 15.0. The fourth-order valence-corrected chi connectivity index (χ4v) is 2.32. The summed E-state index contributed by atoms with van der Waals surface area (Å²) in [6.45, 7) is 3.75. The molecule has 104 valence electrons. The van der Waals surface area contributed by atoms with Crippen molar-refractivity contribution in [3.05, 3.63) is 0 Å². The van der Waals surface area contributed by atoms with E-state index in [2.05, 4.69) is 5.32 Å². The molecule has 0 bridgehead atoms. The zero-order chi connectivity index (χ0) is 13.6. The van der Waals surface area contributed by atoms with Crippen LogP contribution in [0.1, 0.15) is 58.8 Å². The molecule has 1 rings (SSSR count). The van der Waals surface area contributed by atoms with E-state index in [1.165, 1.54) is 12.8 Å². The summed E-state index contributed by atoms with van der Waals surface area (Å²) < 4.78 is 0. The minimum absolute atomic E-state index is 0.0397. The SMILES string of the molecule is CCC(C)(CNC(=O)C1CCCCCC1)C(=O)O. The predicted octanol–water partition coefficient (Wildman–Crippen LogP) is 2.57. The van der Waals surface area contributed by atoms with Crippen LogP contribution in [0.4, 0.5) is 0 Å². The average molecular weight is 255 g/mol. The number of amides is 1. The van der Waals surface area contributed by atoms with Crippen molar-refractivity contribution in [3.8, 4) is 0 Å². The van der Waals surface area contributed by atoms with E-state index < -0.39 is 11.4 Å². The van der Waals surface area contributed by atoms with Crippen LogP contribution in [0.2, 0.25) is 0 Å². The third-order valence-corrected chi connectivity index (χ3v) is 4.18. The summed E-state index contributed by atoms with van der Waals surface area (Å²) in [7, 11) is 0. The lowest BCUT2D eigenvalue weighted by Crippen LogP contribution is -2.42. The number of nitrogens with one attached hydrogen (secondary N) is 1. The van der Waals surface area contributed by atoms with Gasteiger partial charge in [-0.15, -0.1) is 0 Å². The lowest BCUT2D eigenvalue weighted by Gasteiger charge is -2.24. The van der Waals surface area contributed by atoms with Crippen LogP contribution < -0.4 is 5.32 Å². The van der Waals surface area contributed by atoms with Gasteiger partial charge >= 0.3 is 5.97 Å². The molecule has 1 fully saturated rings. The van der Waals surface area contributed by atoms with Gasteiger partial charge in [0.1, 0.15) is 0 Å². The molecule has 1 amide bonds. The molecule has 0 aromatic heterocycles. The monoisotopic (exact) mass is 255 g/mol. The van der Waals surface area contributed by atoms with Crippen molar-refractivity contribution in [2.75, 3.05) is 6.54 Å². The molecule has 0 aromatic carbocycles. The molecule has 0 radical (unpaired) electrons. The number of carboxylic acid groups (broad SMARTS) is 1. The Morgan fingerprint density at radius 1 is 1.22 bits per heavy atom. The fraction of sp³-hybridized carbons (Fsp3) is 0.857. The van der Waals surface area contributed by atoms with Crippen LogP contribution in [0, 0.1) is 11.3 Å². The Kier molecular flexibility index (Phi) is 5.63. The molecule has 4 nitrogen and oxygen atoms in total. The van der Waals surface area contributed by atoms with E-state index >= 15 is 0 Å². The van der Waals surface area contributed by atoms with Crippen molar-refractivity contribution in [2.45, 2.75) is 58.8 Å². The molecule has 1 aliphatic carbocycles. The molecule has 0 heterocycles. The molecule has 0 spiro atoms. The van der Waals surface area contributed by atoms with E-state index in [1.54, 1.807) is 6.92 Å². The maximum atomic E-state index is 12.0. The van der Waals surface area contributed by atoms with Crippen LogP contribution >= 0.6 is 0 Å². The summed E-state index contributed by atoms with van der Waals surface area (Å²) in [5, 5.41) is 12.0. The van der Waals surface area contributed by atoms with Gasteiger partial charge in [-0.2, -0.15) is 0 Å². The molecule has 2 N–H and O–H groups in total. The van der Waals surface area contributed by atoms with Crippen molar-refractivity contribution >= 4 is 11.9 Å². The molecule has 1 aliphatic rings. The van der Waals surface area contributed by atoms with Gasteiger partial charge < -0.3 is 10.4 Å². The second kappa shape index (κ2) is 6.76. The lowest BCUT2D eigenvalue weighted by molar-refractivity contribution is -0.148. The van der Waals surface area contributed by atoms with Crippen LogP contribution in [-0.4, -0.2) is 23.5 Å². The normalized spacial score (nSPS) is 20.8. The molecule has 1 saturated carbocycles. The van der Waals surface area contributed by atoms with Crippen LogP contribution in [-0.2, 0) is 9.59 Å². The first-order chi connectivity index (χ1) is 8.49. The van der Waals surface area contributed by atoms with E-state index in [1.807, 2.05) is 6.92 Å². The third-order valence-electron chi connectivity index (χ3n) is 4.18. The molecule has 1 unspecified atom stereocenters. The van der Waals surface area contributed by atoms with Crippen LogP contribution in [0.3, 0.4) is 0 Å². The van der Waals surface area contributed by atoms with Crippen LogP contribution in [0.25, 0.3) is 0 Å². The largest absolute Gasteiger partial charge is 0.481 e. The first-order valence-corrected chi connectivity index (χ1v) is 7.00. The lowest BCUT2D eigenvalue weighted by atomic mass is 9.87. The Bertz CT molecular complexity index is 295. The molecule has 0 aliphatic heterocycles. The maximum Gasteiger partial charge on any atom is 0.311 e. The van der Waals surface area contributed by atoms with Crippen molar-refractivity contribution in [2.24, 2.45) is 11.3 Å². The summed E-state index contributed by atoms with van der Waals surface area (Å²) >= 11 is 0. The summed E-state index contributed by atoms with van der Waals surface area (Å²) in [4.78, 5) is 23.2. The number of carbonyl (C=O) groups excluding carboxylic acids is 1. The smallest absolute Gasteiger partial charge is 0.311 e. The van der Waals surface area contributed by atoms with Gasteiger partial charge in [0.2, 0.25) is 5.91 Å². The van der Waals surface area contributed by atoms with Gasteiger partial charge in [-0.1, -0.05) is 32.6 Å². The molecule has 1 atom stereocenters. The van der Waals surface area contributed by atoms with Crippen molar-refractivity contribution in [1.29, 1.82) is 0 Å². The molecular weight excluding hydrogens is 230 g/mol. The Labute approximate surface area is 109 Å². The molecular formula is C14H25NO3. The van der Waals surface area contributed by atoms with Gasteiger partial charge in [-0.05, 0) is 26.2 Å². The van der Waals surface area contributed by atoms with Gasteiger partial charge in [0, 0.05) is 12.5 Å². The number of rotatable bonds is 5. The Hall–Kier alpha value is -1.06. The fourth-order valence-electron chi connectivity index (χ4n) is 2.32. The number of aliphatic carboxylic acids is 1. The highest BCUT2D eigenvalue weighted by atomic mass is 16.4. The minimum atomic E-state index is -0.847. The van der Waals surface area contributed by atoms with E-state index in [4.69, 9.17) is 5.11 Å². The highest BCUT2D eigenvalue weighted by Gasteiger charge is 2.32. The van der Waals surface area contributed by atoms with Gasteiger partial charge in [0.05, 0.1) is 5.41 Å². The number of carbonyl (C=O) groups is 2. The summed E-state index contributed by atoms with van der Waals surface area (Å²) in [6, 6.07) is 0. The predicted molar refractivity (Wildman–Crippen MR) is 70.2 cm³/mol. The van der Waals surface area contributed by atoms with E-state index in [9.17, 15) is 9.59 Å². The Balaban J connectivity index is 2.46. The van der Waals surface area contributed by atoms with Gasteiger partial charge in [-0.25, -0.2) is 0 Å². The maximum absolute atomic E-state index is 12.0. The zero-order valence-electron chi connectivity index (χ0n) is 11.5. The molecule has 4 heteroatoms. The standard InChI is InChI=1S/C14H25NO3/c1-3-14(2,13(17)18)10-15-12(16)11-8-6-4-5-7-9-11/h11H,3-10H2,1-2H3,(H,15,16)(H,17,18). The van der Waals surface area contributed by atoms with E-state index in [-0.39, 0.29) is 18.4 Å². The number of carboxylic acids is 1. The summed E-state index contributed by atoms with van der Waals surface area (Å²) in [6.07, 6.45) is 7.07. The van der Waals surface area contributed by atoms with Crippen molar-refractivity contribution in [3.63, 3.8) is 0 Å².